The molecule has 1 unspecified atom stereocenters. The van der Waals surface area contributed by atoms with Gasteiger partial charge in [-0.2, -0.15) is 0 Å². The first-order valence-electron chi connectivity index (χ1n) is 10.6. The van der Waals surface area contributed by atoms with Crippen LogP contribution in [0.2, 0.25) is 0 Å². The second-order valence-corrected chi connectivity index (χ2v) is 8.55. The molecule has 162 valence electrons. The van der Waals surface area contributed by atoms with Crippen molar-refractivity contribution < 1.29 is 14.1 Å². The van der Waals surface area contributed by atoms with Crippen LogP contribution in [0, 0.1) is 0 Å². The van der Waals surface area contributed by atoms with Gasteiger partial charge in [-0.3, -0.25) is 19.3 Å². The number of pyridine rings is 1. The molecule has 3 aliphatic rings. The Morgan fingerprint density at radius 3 is 2.74 bits per heavy atom. The van der Waals surface area contributed by atoms with Gasteiger partial charge in [-0.1, -0.05) is 36.8 Å². The summed E-state index contributed by atoms with van der Waals surface area (Å²) in [6, 6.07) is 9.85. The molecule has 2 saturated heterocycles. The topological polar surface area (TPSA) is 83.9 Å². The van der Waals surface area contributed by atoms with E-state index in [0.717, 1.165) is 24.9 Å². The van der Waals surface area contributed by atoms with Crippen LogP contribution in [0.15, 0.2) is 41.3 Å². The SMILES string of the molecule is O=C(NCc1ccccc1)c1cn2c(c(OP)c1=O)C(=O)N1C[C@@H]3CCCCN3[C@@H]1C2. The number of piperidine rings is 1. The summed E-state index contributed by atoms with van der Waals surface area (Å²) in [6.45, 7) is 2.46. The van der Waals surface area contributed by atoms with Crippen molar-refractivity contribution in [1.29, 1.82) is 0 Å². The first-order valence-corrected chi connectivity index (χ1v) is 11.1. The fourth-order valence-corrected chi connectivity index (χ4v) is 5.24. The summed E-state index contributed by atoms with van der Waals surface area (Å²) >= 11 is 0. The molecular formula is C22H25N4O4P. The monoisotopic (exact) mass is 440 g/mol. The third kappa shape index (κ3) is 3.44. The number of benzene rings is 1. The molecule has 31 heavy (non-hydrogen) atoms. The molecule has 1 aromatic heterocycles. The number of rotatable bonds is 4. The van der Waals surface area contributed by atoms with Crippen LogP contribution in [0.1, 0.15) is 45.7 Å². The second-order valence-electron chi connectivity index (χ2n) is 8.31. The van der Waals surface area contributed by atoms with Crippen LogP contribution in [0.3, 0.4) is 0 Å². The summed E-state index contributed by atoms with van der Waals surface area (Å²) in [6.07, 6.45) is 4.84. The van der Waals surface area contributed by atoms with Gasteiger partial charge >= 0.3 is 0 Å². The fraction of sp³-hybridized carbons (Fsp3) is 0.409. The molecule has 1 N–H and O–H groups in total. The molecular weight excluding hydrogens is 415 g/mol. The highest BCUT2D eigenvalue weighted by molar-refractivity contribution is 7.10. The number of carbonyl (C=O) groups excluding carboxylic acids is 2. The van der Waals surface area contributed by atoms with Crippen molar-refractivity contribution in [2.45, 2.75) is 44.6 Å². The van der Waals surface area contributed by atoms with E-state index in [0.29, 0.717) is 25.7 Å². The molecule has 0 spiro atoms. The summed E-state index contributed by atoms with van der Waals surface area (Å²) in [7, 11) is 2.04. The van der Waals surface area contributed by atoms with Crippen molar-refractivity contribution in [2.24, 2.45) is 0 Å². The fourth-order valence-electron chi connectivity index (χ4n) is 5.02. The minimum absolute atomic E-state index is 0.0217. The van der Waals surface area contributed by atoms with Crippen LogP contribution >= 0.6 is 9.47 Å². The van der Waals surface area contributed by atoms with Gasteiger partial charge in [0.2, 0.25) is 5.43 Å². The van der Waals surface area contributed by atoms with Crippen molar-refractivity contribution in [2.75, 3.05) is 13.1 Å². The van der Waals surface area contributed by atoms with Gasteiger partial charge in [0.1, 0.15) is 11.7 Å². The highest BCUT2D eigenvalue weighted by atomic mass is 31.0. The Bertz CT molecular complexity index is 1090. The number of aromatic nitrogens is 1. The van der Waals surface area contributed by atoms with E-state index in [2.05, 4.69) is 10.2 Å². The quantitative estimate of drug-likeness (QED) is 0.731. The highest BCUT2D eigenvalue weighted by Crippen LogP contribution is 2.35. The maximum atomic E-state index is 13.3. The van der Waals surface area contributed by atoms with E-state index >= 15 is 0 Å². The zero-order valence-corrected chi connectivity index (χ0v) is 18.3. The minimum atomic E-state index is -0.574. The largest absolute Gasteiger partial charge is 0.474 e. The average molecular weight is 440 g/mol. The molecule has 9 heteroatoms. The number of hydrogen-bond donors (Lipinski definition) is 1. The third-order valence-corrected chi connectivity index (χ3v) is 6.78. The van der Waals surface area contributed by atoms with Gasteiger partial charge in [-0.05, 0) is 18.4 Å². The normalized spacial score (nSPS) is 22.5. The smallest absolute Gasteiger partial charge is 0.275 e. The van der Waals surface area contributed by atoms with E-state index in [1.807, 2.05) is 44.7 Å². The average Bonchev–Trinajstić information content (AvgIpc) is 3.17. The van der Waals surface area contributed by atoms with Crippen molar-refractivity contribution in [3.05, 3.63) is 63.6 Å². The van der Waals surface area contributed by atoms with Gasteiger partial charge in [-0.15, -0.1) is 0 Å². The molecule has 5 rings (SSSR count). The number of hydrogen-bond acceptors (Lipinski definition) is 5. The summed E-state index contributed by atoms with van der Waals surface area (Å²) in [5, 5.41) is 2.80. The van der Waals surface area contributed by atoms with Gasteiger partial charge in [0.25, 0.3) is 11.8 Å². The molecule has 1 aromatic carbocycles. The number of carbonyl (C=O) groups is 2. The van der Waals surface area contributed by atoms with Crippen LogP contribution in [-0.4, -0.2) is 51.5 Å². The van der Waals surface area contributed by atoms with E-state index in [1.165, 1.54) is 12.6 Å². The van der Waals surface area contributed by atoms with Gasteiger partial charge < -0.3 is 19.3 Å². The predicted molar refractivity (Wildman–Crippen MR) is 118 cm³/mol. The maximum Gasteiger partial charge on any atom is 0.275 e. The lowest BCUT2D eigenvalue weighted by Crippen LogP contribution is -2.51. The molecule has 0 bridgehead atoms. The van der Waals surface area contributed by atoms with Crippen molar-refractivity contribution >= 4 is 21.3 Å². The molecule has 0 aliphatic carbocycles. The van der Waals surface area contributed by atoms with Crippen LogP contribution in [0.4, 0.5) is 0 Å². The van der Waals surface area contributed by atoms with Crippen LogP contribution in [0.25, 0.3) is 0 Å². The molecule has 4 heterocycles. The lowest BCUT2D eigenvalue weighted by molar-refractivity contribution is 0.0454. The number of nitrogens with zero attached hydrogens (tertiary/aromatic N) is 3. The van der Waals surface area contributed by atoms with Crippen molar-refractivity contribution in [1.82, 2.24) is 19.7 Å². The Hall–Kier alpha value is -2.70. The van der Waals surface area contributed by atoms with Crippen LogP contribution in [-0.2, 0) is 13.1 Å². The van der Waals surface area contributed by atoms with Crippen molar-refractivity contribution in [3.8, 4) is 5.75 Å². The molecule has 3 aliphatic heterocycles. The zero-order valence-electron chi connectivity index (χ0n) is 17.1. The first-order chi connectivity index (χ1) is 15.1. The Morgan fingerprint density at radius 2 is 1.97 bits per heavy atom. The molecule has 2 amide bonds. The number of nitrogens with one attached hydrogen (secondary N) is 1. The molecule has 0 saturated carbocycles. The summed E-state index contributed by atoms with van der Waals surface area (Å²) in [5.41, 5.74) is 0.558. The summed E-state index contributed by atoms with van der Waals surface area (Å²) in [5.74, 6) is -0.785. The lowest BCUT2D eigenvalue weighted by Gasteiger charge is -2.38. The third-order valence-electron chi connectivity index (χ3n) is 6.54. The first kappa shape index (κ1) is 20.2. The minimum Gasteiger partial charge on any atom is -0.474 e. The lowest BCUT2D eigenvalue weighted by atomic mass is 10.0. The Labute approximate surface area is 182 Å². The Balaban J connectivity index is 1.47. The van der Waals surface area contributed by atoms with Gasteiger partial charge in [0.05, 0.1) is 16.0 Å². The van der Waals surface area contributed by atoms with E-state index in [4.69, 9.17) is 4.52 Å². The molecule has 3 atom stereocenters. The van der Waals surface area contributed by atoms with E-state index < -0.39 is 11.3 Å². The standard InChI is InChI=1S/C22H25N4O4P/c27-19-16(21(28)23-10-14-6-2-1-3-7-14)12-24-13-17-25-9-5-4-8-15(25)11-26(17)22(29)18(24)20(19)30-31/h1-3,6-7,12,15,17H,4-5,8-11,13,31H2,(H,23,28)/t15-,17-/m0/s1. The van der Waals surface area contributed by atoms with E-state index in [1.54, 1.807) is 4.57 Å². The molecule has 8 nitrogen and oxygen atoms in total. The maximum absolute atomic E-state index is 13.3. The van der Waals surface area contributed by atoms with Gasteiger partial charge in [0, 0.05) is 31.9 Å². The number of amides is 2. The summed E-state index contributed by atoms with van der Waals surface area (Å²) < 4.78 is 7.00. The predicted octanol–water partition coefficient (Wildman–Crippen LogP) is 1.60. The molecule has 2 fully saturated rings. The Kier molecular flexibility index (Phi) is 5.28. The van der Waals surface area contributed by atoms with E-state index in [9.17, 15) is 14.4 Å². The highest BCUT2D eigenvalue weighted by Gasteiger charge is 2.47. The zero-order chi connectivity index (χ0) is 21.5. The second kappa shape index (κ2) is 8.09. The van der Waals surface area contributed by atoms with Crippen LogP contribution < -0.4 is 15.3 Å². The number of fused-ring (bicyclic) bond motifs is 4. The van der Waals surface area contributed by atoms with Crippen molar-refractivity contribution in [3.63, 3.8) is 0 Å². The summed E-state index contributed by atoms with van der Waals surface area (Å²) in [4.78, 5) is 43.4. The van der Waals surface area contributed by atoms with Crippen LogP contribution in [0.5, 0.6) is 5.75 Å². The van der Waals surface area contributed by atoms with Gasteiger partial charge in [0.15, 0.2) is 11.4 Å². The Morgan fingerprint density at radius 1 is 1.16 bits per heavy atom. The van der Waals surface area contributed by atoms with E-state index in [-0.39, 0.29) is 29.1 Å². The molecule has 0 radical (unpaired) electrons. The molecule has 2 aromatic rings. The van der Waals surface area contributed by atoms with Gasteiger partial charge in [-0.25, -0.2) is 0 Å².